The van der Waals surface area contributed by atoms with Crippen molar-refractivity contribution >= 4 is 35.6 Å². The molecule has 0 aromatic heterocycles. The fraction of sp³-hybridized carbons (Fsp3) is 0.769. The Labute approximate surface area is 240 Å². The van der Waals surface area contributed by atoms with Gasteiger partial charge in [-0.3, -0.25) is 24.2 Å². The smallest absolute Gasteiger partial charge is 0.326 e. The third-order valence-electron chi connectivity index (χ3n) is 6.94. The molecule has 1 aliphatic heterocycles. The fourth-order valence-electron chi connectivity index (χ4n) is 4.81. The predicted molar refractivity (Wildman–Crippen MR) is 151 cm³/mol. The molecule has 0 bridgehead atoms. The number of hydrogen-bond acceptors (Lipinski definition) is 8. The summed E-state index contributed by atoms with van der Waals surface area (Å²) in [5, 5.41) is 26.5. The Morgan fingerprint density at radius 2 is 1.73 bits per heavy atom. The minimum atomic E-state index is -1.35. The standard InChI is InChI=1S/C26H47N7O8/c1-15(2)12-19(29-3)23(37)32-17(6-5-10-30-26(27)28)24(38)33-11-9-20(41-4)16(14-33)13-21(34)31-18(25(39)40)7-8-22(35)36/h15-20,29H,5-14H2,1-4H3,(H,31,34)(H,32,37)(H,35,36)(H,39,40)(H4,27,28,30)/t16-,17+,18+,19-,20+/m1/s1. The molecule has 234 valence electrons. The molecule has 1 aliphatic rings. The Bertz CT molecular complexity index is 926. The maximum atomic E-state index is 13.7. The van der Waals surface area contributed by atoms with Crippen molar-refractivity contribution in [2.45, 2.75) is 83.0 Å². The Kier molecular flexibility index (Phi) is 15.7. The molecule has 1 rings (SSSR count). The number of carboxylic acid groups (broad SMARTS) is 2. The molecule has 1 saturated heterocycles. The summed E-state index contributed by atoms with van der Waals surface area (Å²) in [7, 11) is 3.18. The van der Waals surface area contributed by atoms with Crippen molar-refractivity contribution in [3.05, 3.63) is 0 Å². The van der Waals surface area contributed by atoms with E-state index in [2.05, 4.69) is 20.9 Å². The van der Waals surface area contributed by atoms with Gasteiger partial charge in [0.25, 0.3) is 0 Å². The van der Waals surface area contributed by atoms with Crippen LogP contribution in [-0.2, 0) is 28.7 Å². The Morgan fingerprint density at radius 3 is 2.27 bits per heavy atom. The number of piperidine rings is 1. The summed E-state index contributed by atoms with van der Waals surface area (Å²) in [5.41, 5.74) is 10.8. The molecule has 5 atom stereocenters. The number of guanidine groups is 1. The van der Waals surface area contributed by atoms with Gasteiger partial charge in [-0.05, 0) is 45.1 Å². The highest BCUT2D eigenvalue weighted by Gasteiger charge is 2.36. The zero-order valence-corrected chi connectivity index (χ0v) is 24.4. The molecule has 1 heterocycles. The summed E-state index contributed by atoms with van der Waals surface area (Å²) in [6, 6.07) is -2.68. The quantitative estimate of drug-likeness (QED) is 0.0575. The second-order valence-electron chi connectivity index (χ2n) is 10.7. The van der Waals surface area contributed by atoms with E-state index in [1.54, 1.807) is 11.9 Å². The van der Waals surface area contributed by atoms with Crippen LogP contribution in [0.25, 0.3) is 0 Å². The first kappa shape index (κ1) is 35.6. The summed E-state index contributed by atoms with van der Waals surface area (Å²) in [4.78, 5) is 67.3. The van der Waals surface area contributed by atoms with Crippen LogP contribution in [0.3, 0.4) is 0 Å². The maximum absolute atomic E-state index is 13.7. The number of methoxy groups -OCH3 is 1. The maximum Gasteiger partial charge on any atom is 0.326 e. The normalized spacial score (nSPS) is 19.1. The van der Waals surface area contributed by atoms with Crippen molar-refractivity contribution in [3.8, 4) is 0 Å². The molecule has 9 N–H and O–H groups in total. The van der Waals surface area contributed by atoms with Crippen LogP contribution in [0.15, 0.2) is 4.99 Å². The molecule has 0 radical (unpaired) electrons. The molecule has 0 saturated carbocycles. The number of ether oxygens (including phenoxy) is 1. The van der Waals surface area contributed by atoms with Crippen LogP contribution in [0.4, 0.5) is 0 Å². The lowest BCUT2D eigenvalue weighted by Gasteiger charge is -2.39. The van der Waals surface area contributed by atoms with E-state index < -0.39 is 48.3 Å². The van der Waals surface area contributed by atoms with Crippen LogP contribution in [0.2, 0.25) is 0 Å². The summed E-state index contributed by atoms with van der Waals surface area (Å²) in [6.07, 6.45) is 0.587. The number of likely N-dealkylation sites (tertiary alicyclic amines) is 1. The number of carbonyl (C=O) groups excluding carboxylic acids is 3. The predicted octanol–water partition coefficient (Wildman–Crippen LogP) is -1.15. The molecule has 1 fully saturated rings. The minimum absolute atomic E-state index is 0.0695. The van der Waals surface area contributed by atoms with Crippen LogP contribution < -0.4 is 27.4 Å². The molecule has 3 amide bonds. The number of nitrogens with two attached hydrogens (primary N) is 2. The van der Waals surface area contributed by atoms with Gasteiger partial charge in [0.2, 0.25) is 17.7 Å². The molecule has 0 aliphatic carbocycles. The van der Waals surface area contributed by atoms with Crippen molar-refractivity contribution in [2.75, 3.05) is 33.8 Å². The lowest BCUT2D eigenvalue weighted by Crippen LogP contribution is -2.56. The van der Waals surface area contributed by atoms with Gasteiger partial charge in [0.1, 0.15) is 12.1 Å². The average Bonchev–Trinajstić information content (AvgIpc) is 2.90. The zero-order chi connectivity index (χ0) is 31.1. The summed E-state index contributed by atoms with van der Waals surface area (Å²) >= 11 is 0. The van der Waals surface area contributed by atoms with Crippen molar-refractivity contribution < 1.29 is 38.9 Å². The number of aliphatic carboxylic acids is 2. The molecule has 15 heteroatoms. The highest BCUT2D eigenvalue weighted by atomic mass is 16.5. The van der Waals surface area contributed by atoms with Crippen molar-refractivity contribution in [1.29, 1.82) is 0 Å². The Balaban J connectivity index is 3.01. The van der Waals surface area contributed by atoms with E-state index in [4.69, 9.17) is 21.3 Å². The van der Waals surface area contributed by atoms with Gasteiger partial charge in [0.15, 0.2) is 5.96 Å². The molecular formula is C26H47N7O8. The first-order valence-electron chi connectivity index (χ1n) is 13.9. The Morgan fingerprint density at radius 1 is 1.05 bits per heavy atom. The van der Waals surface area contributed by atoms with Crippen LogP contribution in [-0.4, -0.2) is 109 Å². The van der Waals surface area contributed by atoms with Crippen LogP contribution in [0, 0.1) is 11.8 Å². The van der Waals surface area contributed by atoms with E-state index in [0.717, 1.165) is 0 Å². The number of aliphatic imine (C=N–C) groups is 1. The third kappa shape index (κ3) is 13.2. The minimum Gasteiger partial charge on any atom is -0.481 e. The van der Waals surface area contributed by atoms with E-state index in [0.29, 0.717) is 32.2 Å². The van der Waals surface area contributed by atoms with E-state index >= 15 is 0 Å². The van der Waals surface area contributed by atoms with Gasteiger partial charge in [0, 0.05) is 45.5 Å². The molecule has 0 aromatic carbocycles. The van der Waals surface area contributed by atoms with Crippen molar-refractivity contribution in [2.24, 2.45) is 28.3 Å². The van der Waals surface area contributed by atoms with Crippen LogP contribution >= 0.6 is 0 Å². The topological polar surface area (TPSA) is 239 Å². The summed E-state index contributed by atoms with van der Waals surface area (Å²) in [6.45, 7) is 4.77. The number of rotatable bonds is 18. The van der Waals surface area contributed by atoms with Crippen LogP contribution in [0.5, 0.6) is 0 Å². The van der Waals surface area contributed by atoms with Gasteiger partial charge >= 0.3 is 11.9 Å². The number of hydrogen-bond donors (Lipinski definition) is 7. The van der Waals surface area contributed by atoms with Crippen LogP contribution in [0.1, 0.15) is 58.8 Å². The van der Waals surface area contributed by atoms with E-state index in [1.165, 1.54) is 7.11 Å². The average molecular weight is 586 g/mol. The molecule has 0 spiro atoms. The SMILES string of the molecule is CN[C@H](CC(C)C)C(=O)N[C@@H](CCCN=C(N)N)C(=O)N1CC[C@H](OC)[C@H](CC(=O)N[C@@H](CCC(=O)O)C(=O)O)C1. The number of likely N-dealkylation sites (N-methyl/N-ethyl adjacent to an activating group) is 1. The van der Waals surface area contributed by atoms with Gasteiger partial charge in [-0.1, -0.05) is 13.8 Å². The highest BCUT2D eigenvalue weighted by molar-refractivity contribution is 5.90. The van der Waals surface area contributed by atoms with Gasteiger partial charge < -0.3 is 47.3 Å². The lowest BCUT2D eigenvalue weighted by molar-refractivity contribution is -0.144. The largest absolute Gasteiger partial charge is 0.481 e. The van der Waals surface area contributed by atoms with Gasteiger partial charge in [-0.15, -0.1) is 0 Å². The fourth-order valence-corrected chi connectivity index (χ4v) is 4.81. The lowest BCUT2D eigenvalue weighted by atomic mass is 9.90. The number of nitrogens with one attached hydrogen (secondary N) is 3. The number of carbonyl (C=O) groups is 5. The molecular weight excluding hydrogens is 538 g/mol. The monoisotopic (exact) mass is 585 g/mol. The van der Waals surface area contributed by atoms with E-state index in [9.17, 15) is 29.1 Å². The second-order valence-corrected chi connectivity index (χ2v) is 10.7. The zero-order valence-electron chi connectivity index (χ0n) is 24.4. The van der Waals surface area contributed by atoms with Crippen molar-refractivity contribution in [1.82, 2.24) is 20.9 Å². The Hall–Kier alpha value is -3.46. The molecule has 15 nitrogen and oxygen atoms in total. The summed E-state index contributed by atoms with van der Waals surface area (Å²) < 4.78 is 5.55. The molecule has 0 unspecified atom stereocenters. The van der Waals surface area contributed by atoms with Gasteiger partial charge in [-0.2, -0.15) is 0 Å². The number of nitrogens with zero attached hydrogens (tertiary/aromatic N) is 2. The van der Waals surface area contributed by atoms with E-state index in [1.807, 2.05) is 13.8 Å². The summed E-state index contributed by atoms with van der Waals surface area (Å²) in [5.74, 6) is -3.97. The number of carboxylic acids is 2. The third-order valence-corrected chi connectivity index (χ3v) is 6.94. The number of amides is 3. The van der Waals surface area contributed by atoms with Crippen molar-refractivity contribution in [3.63, 3.8) is 0 Å². The van der Waals surface area contributed by atoms with E-state index in [-0.39, 0.29) is 55.7 Å². The van der Waals surface area contributed by atoms with Gasteiger partial charge in [-0.25, -0.2) is 4.79 Å². The van der Waals surface area contributed by atoms with Gasteiger partial charge in [0.05, 0.1) is 12.1 Å². The highest BCUT2D eigenvalue weighted by Crippen LogP contribution is 2.24. The molecule has 0 aromatic rings. The molecule has 41 heavy (non-hydrogen) atoms. The first-order valence-corrected chi connectivity index (χ1v) is 13.9. The second kappa shape index (κ2) is 18.1. The first-order chi connectivity index (χ1) is 19.3.